The third kappa shape index (κ3) is 4.73. The van der Waals surface area contributed by atoms with Crippen LogP contribution in [0.4, 0.5) is 10.1 Å². The van der Waals surface area contributed by atoms with Gasteiger partial charge >= 0.3 is 5.97 Å². The number of aromatic amines is 1. The predicted molar refractivity (Wildman–Crippen MR) is 110 cm³/mol. The van der Waals surface area contributed by atoms with E-state index in [1.165, 1.54) is 13.2 Å². The minimum absolute atomic E-state index is 0.137. The largest absolute Gasteiger partial charge is 0.465 e. The van der Waals surface area contributed by atoms with E-state index in [9.17, 15) is 14.0 Å². The molecule has 1 aromatic carbocycles. The third-order valence-corrected chi connectivity index (χ3v) is 5.46. The number of aromatic nitrogens is 2. The van der Waals surface area contributed by atoms with Crippen molar-refractivity contribution in [2.75, 3.05) is 32.2 Å². The topological polar surface area (TPSA) is 96.6 Å². The van der Waals surface area contributed by atoms with Crippen LogP contribution in [0, 0.1) is 5.82 Å². The number of nitrogens with zero attached hydrogens (tertiary/aromatic N) is 2. The third-order valence-electron chi connectivity index (χ3n) is 5.14. The molecule has 0 bridgehead atoms. The van der Waals surface area contributed by atoms with Gasteiger partial charge in [0.2, 0.25) is 0 Å². The summed E-state index contributed by atoms with van der Waals surface area (Å²) in [6, 6.07) is 3.81. The molecule has 0 spiro atoms. The molecule has 1 aliphatic heterocycles. The number of rotatable bonds is 6. The summed E-state index contributed by atoms with van der Waals surface area (Å²) in [6.07, 6.45) is 0.853. The normalized spacial score (nSPS) is 18.9. The molecule has 0 saturated carbocycles. The van der Waals surface area contributed by atoms with E-state index in [4.69, 9.17) is 16.3 Å². The molecule has 8 nitrogen and oxygen atoms in total. The van der Waals surface area contributed by atoms with Crippen molar-refractivity contribution in [3.05, 3.63) is 46.3 Å². The van der Waals surface area contributed by atoms with Crippen LogP contribution in [-0.4, -0.2) is 61.3 Å². The van der Waals surface area contributed by atoms with Crippen LogP contribution in [0.15, 0.2) is 18.2 Å². The van der Waals surface area contributed by atoms with E-state index in [2.05, 4.69) is 20.0 Å². The Morgan fingerprint density at radius 2 is 2.13 bits per heavy atom. The summed E-state index contributed by atoms with van der Waals surface area (Å²) in [5.74, 6) is -1.35. The second-order valence-electron chi connectivity index (χ2n) is 6.99. The van der Waals surface area contributed by atoms with Crippen LogP contribution in [0.5, 0.6) is 0 Å². The van der Waals surface area contributed by atoms with Crippen molar-refractivity contribution in [2.24, 2.45) is 0 Å². The van der Waals surface area contributed by atoms with E-state index >= 15 is 0 Å². The van der Waals surface area contributed by atoms with E-state index in [0.717, 1.165) is 6.07 Å². The molecule has 0 radical (unpaired) electrons. The van der Waals surface area contributed by atoms with Crippen LogP contribution < -0.4 is 10.2 Å². The molecule has 10 heteroatoms. The number of carbonyl (C=O) groups excluding carboxylic acids is 2. The summed E-state index contributed by atoms with van der Waals surface area (Å²) >= 11 is 6.02. The standard InChI is InChI=1S/C20H24ClFN4O4/c1-4-14-17(21)25-18(23-14)19(27)24-15-5-6-26(10-16(15)29-2)13-8-11(20(28)30-3)7-12(22)9-13/h7-9,15-16H,4-6,10H2,1-3H3,(H,23,25)(H,24,27). The van der Waals surface area contributed by atoms with E-state index in [-0.39, 0.29) is 34.6 Å². The average Bonchev–Trinajstić information content (AvgIpc) is 3.13. The van der Waals surface area contributed by atoms with Gasteiger partial charge in [0.1, 0.15) is 5.82 Å². The Bertz CT molecular complexity index is 936. The number of H-pyrrole nitrogens is 1. The Hall–Kier alpha value is -2.65. The number of hydrogen-bond acceptors (Lipinski definition) is 6. The maximum absolute atomic E-state index is 14.0. The first-order valence-electron chi connectivity index (χ1n) is 9.58. The summed E-state index contributed by atoms with van der Waals surface area (Å²) in [4.78, 5) is 33.2. The van der Waals surface area contributed by atoms with Gasteiger partial charge in [0.05, 0.1) is 30.5 Å². The van der Waals surface area contributed by atoms with Crippen LogP contribution in [0.1, 0.15) is 40.0 Å². The van der Waals surface area contributed by atoms with E-state index in [1.807, 2.05) is 11.8 Å². The number of benzene rings is 1. The van der Waals surface area contributed by atoms with Gasteiger partial charge < -0.3 is 24.7 Å². The maximum atomic E-state index is 14.0. The molecule has 1 aromatic heterocycles. The van der Waals surface area contributed by atoms with Gasteiger partial charge in [-0.05, 0) is 31.0 Å². The lowest BCUT2D eigenvalue weighted by atomic mass is 10.0. The number of anilines is 1. The zero-order valence-electron chi connectivity index (χ0n) is 17.0. The highest BCUT2D eigenvalue weighted by Crippen LogP contribution is 2.25. The maximum Gasteiger partial charge on any atom is 0.338 e. The quantitative estimate of drug-likeness (QED) is 0.673. The monoisotopic (exact) mass is 438 g/mol. The predicted octanol–water partition coefficient (Wildman–Crippen LogP) is 2.57. The Morgan fingerprint density at radius 1 is 1.37 bits per heavy atom. The second-order valence-corrected chi connectivity index (χ2v) is 7.34. The fourth-order valence-electron chi connectivity index (χ4n) is 3.51. The van der Waals surface area contributed by atoms with Gasteiger partial charge in [0, 0.05) is 25.9 Å². The molecule has 2 aromatic rings. The molecule has 3 rings (SSSR count). The highest BCUT2D eigenvalue weighted by Gasteiger charge is 2.32. The van der Waals surface area contributed by atoms with Crippen molar-refractivity contribution in [3.63, 3.8) is 0 Å². The molecule has 1 fully saturated rings. The summed E-state index contributed by atoms with van der Waals surface area (Å²) in [5.41, 5.74) is 1.39. The molecule has 1 amide bonds. The molecule has 162 valence electrons. The molecule has 1 saturated heterocycles. The SMILES string of the molecule is CCc1[nH]c(C(=O)NC2CCN(c3cc(F)cc(C(=O)OC)c3)CC2OC)nc1Cl. The lowest BCUT2D eigenvalue weighted by Gasteiger charge is -2.39. The van der Waals surface area contributed by atoms with Crippen LogP contribution in [0.2, 0.25) is 5.15 Å². The van der Waals surface area contributed by atoms with E-state index in [0.29, 0.717) is 37.3 Å². The fourth-order valence-corrected chi connectivity index (χ4v) is 3.78. The zero-order chi connectivity index (χ0) is 21.8. The van der Waals surface area contributed by atoms with Crippen molar-refractivity contribution in [2.45, 2.75) is 31.9 Å². The number of halogens is 2. The first-order valence-corrected chi connectivity index (χ1v) is 9.95. The molecule has 2 heterocycles. The number of nitrogens with one attached hydrogen (secondary N) is 2. The van der Waals surface area contributed by atoms with Crippen LogP contribution >= 0.6 is 11.6 Å². The van der Waals surface area contributed by atoms with Gasteiger partial charge in [-0.25, -0.2) is 14.2 Å². The molecule has 0 aliphatic carbocycles. The number of amides is 1. The second kappa shape index (κ2) is 9.44. The number of carbonyl (C=O) groups is 2. The molecule has 2 unspecified atom stereocenters. The Balaban J connectivity index is 1.71. The molecule has 2 atom stereocenters. The van der Waals surface area contributed by atoms with Gasteiger partial charge in [-0.15, -0.1) is 0 Å². The number of methoxy groups -OCH3 is 2. The van der Waals surface area contributed by atoms with Gasteiger partial charge in [-0.2, -0.15) is 0 Å². The van der Waals surface area contributed by atoms with Gasteiger partial charge in [0.25, 0.3) is 5.91 Å². The highest BCUT2D eigenvalue weighted by atomic mass is 35.5. The zero-order valence-corrected chi connectivity index (χ0v) is 17.8. The van der Waals surface area contributed by atoms with Crippen LogP contribution in [-0.2, 0) is 15.9 Å². The Kier molecular flexibility index (Phi) is 6.94. The number of imidazole rings is 1. The van der Waals surface area contributed by atoms with Crippen molar-refractivity contribution in [1.82, 2.24) is 15.3 Å². The molecule has 2 N–H and O–H groups in total. The van der Waals surface area contributed by atoms with Crippen LogP contribution in [0.3, 0.4) is 0 Å². The Morgan fingerprint density at radius 3 is 2.77 bits per heavy atom. The summed E-state index contributed by atoms with van der Waals surface area (Å²) < 4.78 is 24.3. The van der Waals surface area contributed by atoms with E-state index in [1.54, 1.807) is 13.2 Å². The van der Waals surface area contributed by atoms with Crippen LogP contribution in [0.25, 0.3) is 0 Å². The molecule has 30 heavy (non-hydrogen) atoms. The summed E-state index contributed by atoms with van der Waals surface area (Å²) in [6.45, 7) is 2.86. The first-order chi connectivity index (χ1) is 14.4. The van der Waals surface area contributed by atoms with Crippen molar-refractivity contribution in [3.8, 4) is 0 Å². The number of hydrogen-bond donors (Lipinski definition) is 2. The Labute approximate surface area is 178 Å². The van der Waals surface area contributed by atoms with Gasteiger partial charge in [-0.1, -0.05) is 18.5 Å². The smallest absolute Gasteiger partial charge is 0.338 e. The number of ether oxygens (including phenoxy) is 2. The summed E-state index contributed by atoms with van der Waals surface area (Å²) in [7, 11) is 2.80. The molecular formula is C20H24ClFN4O4. The number of aryl methyl sites for hydroxylation is 1. The van der Waals surface area contributed by atoms with Crippen molar-refractivity contribution in [1.29, 1.82) is 0 Å². The van der Waals surface area contributed by atoms with Gasteiger partial charge in [-0.3, -0.25) is 4.79 Å². The first kappa shape index (κ1) is 22.0. The van der Waals surface area contributed by atoms with E-state index < -0.39 is 11.8 Å². The molecule has 1 aliphatic rings. The molecular weight excluding hydrogens is 415 g/mol. The summed E-state index contributed by atoms with van der Waals surface area (Å²) in [5, 5.41) is 3.22. The number of esters is 1. The minimum atomic E-state index is -0.607. The fraction of sp³-hybridized carbons (Fsp3) is 0.450. The highest BCUT2D eigenvalue weighted by molar-refractivity contribution is 6.30. The van der Waals surface area contributed by atoms with Gasteiger partial charge in [0.15, 0.2) is 11.0 Å². The number of piperidine rings is 1. The minimum Gasteiger partial charge on any atom is -0.465 e. The lowest BCUT2D eigenvalue weighted by molar-refractivity contribution is 0.0537. The lowest BCUT2D eigenvalue weighted by Crippen LogP contribution is -2.55. The van der Waals surface area contributed by atoms with Crippen molar-refractivity contribution >= 4 is 29.2 Å². The van der Waals surface area contributed by atoms with Crippen molar-refractivity contribution < 1.29 is 23.5 Å². The average molecular weight is 439 g/mol.